The van der Waals surface area contributed by atoms with Gasteiger partial charge in [-0.15, -0.1) is 0 Å². The van der Waals surface area contributed by atoms with Gasteiger partial charge in [-0.3, -0.25) is 9.59 Å². The number of hydrogen-bond donors (Lipinski definition) is 1. The SMILES string of the molecule is CCN(CC)C(=O)C1CC1C(=O)Nc1ccccc1N1CCOCC1. The highest BCUT2D eigenvalue weighted by molar-refractivity contribution is 6.01. The normalized spacial score (nSPS) is 22.4. The smallest absolute Gasteiger partial charge is 0.228 e. The van der Waals surface area contributed by atoms with E-state index in [4.69, 9.17) is 4.74 Å². The molecule has 1 aliphatic carbocycles. The molecule has 1 saturated carbocycles. The molecule has 25 heavy (non-hydrogen) atoms. The van der Waals surface area contributed by atoms with Gasteiger partial charge in [-0.05, 0) is 32.4 Å². The summed E-state index contributed by atoms with van der Waals surface area (Å²) in [5, 5.41) is 3.04. The Bertz CT molecular complexity index is 624. The Morgan fingerprint density at radius 3 is 2.52 bits per heavy atom. The van der Waals surface area contributed by atoms with Crippen LogP contribution < -0.4 is 10.2 Å². The predicted molar refractivity (Wildman–Crippen MR) is 97.6 cm³/mol. The van der Waals surface area contributed by atoms with E-state index in [0.29, 0.717) is 32.7 Å². The molecule has 0 bridgehead atoms. The number of carbonyl (C=O) groups excluding carboxylic acids is 2. The van der Waals surface area contributed by atoms with E-state index in [0.717, 1.165) is 24.5 Å². The van der Waals surface area contributed by atoms with E-state index < -0.39 is 0 Å². The van der Waals surface area contributed by atoms with Gasteiger partial charge in [0.05, 0.1) is 36.4 Å². The Labute approximate surface area is 149 Å². The van der Waals surface area contributed by atoms with Crippen molar-refractivity contribution in [2.24, 2.45) is 11.8 Å². The van der Waals surface area contributed by atoms with Crippen molar-refractivity contribution < 1.29 is 14.3 Å². The zero-order chi connectivity index (χ0) is 17.8. The van der Waals surface area contributed by atoms with E-state index >= 15 is 0 Å². The molecule has 2 atom stereocenters. The maximum atomic E-state index is 12.6. The van der Waals surface area contributed by atoms with Gasteiger partial charge >= 0.3 is 0 Å². The van der Waals surface area contributed by atoms with Gasteiger partial charge in [0.2, 0.25) is 11.8 Å². The molecule has 0 spiro atoms. The number of para-hydroxylation sites is 2. The first-order chi connectivity index (χ1) is 12.2. The number of morpholine rings is 1. The number of hydrogen-bond acceptors (Lipinski definition) is 4. The third-order valence-corrected chi connectivity index (χ3v) is 5.03. The van der Waals surface area contributed by atoms with E-state index in [1.165, 1.54) is 0 Å². The highest BCUT2D eigenvalue weighted by Gasteiger charge is 2.49. The number of rotatable bonds is 6. The Morgan fingerprint density at radius 1 is 1.16 bits per heavy atom. The maximum absolute atomic E-state index is 12.6. The largest absolute Gasteiger partial charge is 0.378 e. The minimum atomic E-state index is -0.203. The second kappa shape index (κ2) is 7.87. The molecule has 3 rings (SSSR count). The molecule has 6 heteroatoms. The average molecular weight is 345 g/mol. The first kappa shape index (κ1) is 17.7. The minimum absolute atomic E-state index is 0.0498. The zero-order valence-electron chi connectivity index (χ0n) is 15.0. The summed E-state index contributed by atoms with van der Waals surface area (Å²) in [7, 11) is 0. The van der Waals surface area contributed by atoms with Crippen LogP contribution in [0.4, 0.5) is 11.4 Å². The summed E-state index contributed by atoms with van der Waals surface area (Å²) in [6.45, 7) is 8.37. The van der Waals surface area contributed by atoms with Crippen LogP contribution in [-0.2, 0) is 14.3 Å². The molecule has 6 nitrogen and oxygen atoms in total. The first-order valence-electron chi connectivity index (χ1n) is 9.17. The van der Waals surface area contributed by atoms with E-state index in [2.05, 4.69) is 10.2 Å². The summed E-state index contributed by atoms with van der Waals surface area (Å²) in [5.41, 5.74) is 1.83. The van der Waals surface area contributed by atoms with Crippen molar-refractivity contribution in [2.75, 3.05) is 49.6 Å². The van der Waals surface area contributed by atoms with Crippen LogP contribution in [0.15, 0.2) is 24.3 Å². The number of carbonyl (C=O) groups is 2. The number of ether oxygens (including phenoxy) is 1. The second-order valence-corrected chi connectivity index (χ2v) is 6.57. The molecule has 1 aliphatic heterocycles. The number of anilines is 2. The quantitative estimate of drug-likeness (QED) is 0.856. The Morgan fingerprint density at radius 2 is 1.84 bits per heavy atom. The summed E-state index contributed by atoms with van der Waals surface area (Å²) < 4.78 is 5.40. The monoisotopic (exact) mass is 345 g/mol. The molecule has 1 heterocycles. The number of nitrogens with one attached hydrogen (secondary N) is 1. The van der Waals surface area contributed by atoms with Crippen LogP contribution in [0.25, 0.3) is 0 Å². The van der Waals surface area contributed by atoms with Crippen LogP contribution in [0.2, 0.25) is 0 Å². The fraction of sp³-hybridized carbons (Fsp3) is 0.579. The standard InChI is InChI=1S/C19H27N3O3/c1-3-21(4-2)19(24)15-13-14(15)18(23)20-16-7-5-6-8-17(16)22-9-11-25-12-10-22/h5-8,14-15H,3-4,9-13H2,1-2H3,(H,20,23). The molecule has 0 radical (unpaired) electrons. The minimum Gasteiger partial charge on any atom is -0.378 e. The van der Waals surface area contributed by atoms with Gasteiger partial charge in [-0.2, -0.15) is 0 Å². The predicted octanol–water partition coefficient (Wildman–Crippen LogP) is 1.97. The Balaban J connectivity index is 1.64. The van der Waals surface area contributed by atoms with Crippen molar-refractivity contribution in [3.63, 3.8) is 0 Å². The Hall–Kier alpha value is -2.08. The third kappa shape index (κ3) is 3.95. The van der Waals surface area contributed by atoms with Gasteiger partial charge in [-0.25, -0.2) is 0 Å². The van der Waals surface area contributed by atoms with Crippen LogP contribution in [0.1, 0.15) is 20.3 Å². The van der Waals surface area contributed by atoms with Gasteiger partial charge < -0.3 is 19.9 Å². The average Bonchev–Trinajstić information content (AvgIpc) is 3.45. The van der Waals surface area contributed by atoms with Crippen molar-refractivity contribution in [2.45, 2.75) is 20.3 Å². The van der Waals surface area contributed by atoms with Crippen molar-refractivity contribution in [1.82, 2.24) is 4.90 Å². The van der Waals surface area contributed by atoms with Crippen LogP contribution in [0.5, 0.6) is 0 Å². The molecule has 0 aromatic heterocycles. The summed E-state index contributed by atoms with van der Waals surface area (Å²) in [4.78, 5) is 29.0. The lowest BCUT2D eigenvalue weighted by atomic mass is 10.2. The molecule has 1 N–H and O–H groups in total. The summed E-state index contributed by atoms with van der Waals surface area (Å²) in [6.07, 6.45) is 0.654. The van der Waals surface area contributed by atoms with E-state index in [9.17, 15) is 9.59 Å². The fourth-order valence-electron chi connectivity index (χ4n) is 3.41. The lowest BCUT2D eigenvalue weighted by Gasteiger charge is -2.30. The lowest BCUT2D eigenvalue weighted by Crippen LogP contribution is -2.37. The molecule has 2 fully saturated rings. The number of amides is 2. The van der Waals surface area contributed by atoms with Crippen molar-refractivity contribution in [3.05, 3.63) is 24.3 Å². The summed E-state index contributed by atoms with van der Waals surface area (Å²) in [5.74, 6) is -0.306. The molecular formula is C19H27N3O3. The van der Waals surface area contributed by atoms with Crippen molar-refractivity contribution >= 4 is 23.2 Å². The summed E-state index contributed by atoms with van der Waals surface area (Å²) >= 11 is 0. The molecule has 2 amide bonds. The molecule has 1 aromatic rings. The van der Waals surface area contributed by atoms with E-state index in [-0.39, 0.29) is 23.7 Å². The highest BCUT2D eigenvalue weighted by Crippen LogP contribution is 2.41. The number of benzene rings is 1. The lowest BCUT2D eigenvalue weighted by molar-refractivity contribution is -0.133. The molecule has 136 valence electrons. The maximum Gasteiger partial charge on any atom is 0.228 e. The highest BCUT2D eigenvalue weighted by atomic mass is 16.5. The zero-order valence-corrected chi connectivity index (χ0v) is 15.0. The summed E-state index contributed by atoms with van der Waals surface area (Å²) in [6, 6.07) is 7.84. The first-order valence-corrected chi connectivity index (χ1v) is 9.17. The van der Waals surface area contributed by atoms with Crippen LogP contribution in [0.3, 0.4) is 0 Å². The van der Waals surface area contributed by atoms with Gasteiger partial charge in [0.15, 0.2) is 0 Å². The van der Waals surface area contributed by atoms with Crippen LogP contribution in [0, 0.1) is 11.8 Å². The molecule has 2 unspecified atom stereocenters. The van der Waals surface area contributed by atoms with Crippen LogP contribution >= 0.6 is 0 Å². The Kier molecular flexibility index (Phi) is 5.58. The topological polar surface area (TPSA) is 61.9 Å². The van der Waals surface area contributed by atoms with Crippen molar-refractivity contribution in [3.8, 4) is 0 Å². The number of nitrogens with zero attached hydrogens (tertiary/aromatic N) is 2. The van der Waals surface area contributed by atoms with Crippen molar-refractivity contribution in [1.29, 1.82) is 0 Å². The third-order valence-electron chi connectivity index (χ3n) is 5.03. The van der Waals surface area contributed by atoms with E-state index in [1.807, 2.05) is 38.1 Å². The van der Waals surface area contributed by atoms with Gasteiger partial charge in [0.25, 0.3) is 0 Å². The second-order valence-electron chi connectivity index (χ2n) is 6.57. The van der Waals surface area contributed by atoms with Crippen LogP contribution in [-0.4, -0.2) is 56.1 Å². The van der Waals surface area contributed by atoms with Gasteiger partial charge in [0.1, 0.15) is 0 Å². The van der Waals surface area contributed by atoms with Gasteiger partial charge in [-0.1, -0.05) is 12.1 Å². The molecular weight excluding hydrogens is 318 g/mol. The molecule has 1 saturated heterocycles. The fourth-order valence-corrected chi connectivity index (χ4v) is 3.41. The molecule has 1 aromatic carbocycles. The van der Waals surface area contributed by atoms with E-state index in [1.54, 1.807) is 4.90 Å². The van der Waals surface area contributed by atoms with Gasteiger partial charge in [0, 0.05) is 26.2 Å². The molecule has 2 aliphatic rings.